The quantitative estimate of drug-likeness (QED) is 0.195. The summed E-state index contributed by atoms with van der Waals surface area (Å²) in [4.78, 5) is 11.7. The number of halogens is 1. The number of ether oxygens (including phenoxy) is 1. The molecule has 0 aromatic carbocycles. The molecule has 0 bridgehead atoms. The molecular weight excluding hydrogens is 413 g/mol. The van der Waals surface area contributed by atoms with Crippen molar-refractivity contribution in [3.8, 4) is 0 Å². The Morgan fingerprint density at radius 3 is 1.71 bits per heavy atom. The second-order valence-corrected chi connectivity index (χ2v) is 6.90. The summed E-state index contributed by atoms with van der Waals surface area (Å²) >= 11 is 0. The van der Waals surface area contributed by atoms with Crippen LogP contribution < -0.4 is 29.7 Å². The minimum Gasteiger partial charge on any atom is -1.00 e. The molecule has 0 heterocycles. The van der Waals surface area contributed by atoms with Crippen LogP contribution in [0.1, 0.15) is 110 Å². The molecule has 24 heavy (non-hydrogen) atoms. The Balaban J connectivity index is 0. The summed E-state index contributed by atoms with van der Waals surface area (Å²) in [6.07, 6.45) is 18.6. The van der Waals surface area contributed by atoms with Gasteiger partial charge in [0.25, 0.3) is 0 Å². The summed E-state index contributed by atoms with van der Waals surface area (Å²) in [7, 11) is 0. The minimum absolute atomic E-state index is 0. The monoisotopic (exact) mass is 455 g/mol. The smallest absolute Gasteiger partial charge is 0.189 e. The molecule has 0 amide bonds. The van der Waals surface area contributed by atoms with Gasteiger partial charge in [-0.3, -0.25) is 4.79 Å². The van der Waals surface area contributed by atoms with Gasteiger partial charge in [-0.2, -0.15) is 0 Å². The van der Waals surface area contributed by atoms with Crippen molar-refractivity contribution < 1.29 is 39.2 Å². The first-order valence-electron chi connectivity index (χ1n) is 10.2. The van der Waals surface area contributed by atoms with Gasteiger partial charge in [-0.25, -0.2) is 0 Å². The Bertz CT molecular complexity index is 262. The molecule has 0 radical (unpaired) electrons. The third-order valence-electron chi connectivity index (χ3n) is 4.40. The highest BCUT2D eigenvalue weighted by Crippen LogP contribution is 2.12. The summed E-state index contributed by atoms with van der Waals surface area (Å²) in [5, 5.41) is 0. The molecule has 3 N–H and O–H groups in total. The van der Waals surface area contributed by atoms with Gasteiger partial charge >= 0.3 is 0 Å². The maximum atomic E-state index is 11.7. The van der Waals surface area contributed by atoms with Gasteiger partial charge in [-0.05, 0) is 12.8 Å². The number of hydrogen-bond donors (Lipinski definition) is 1. The van der Waals surface area contributed by atoms with Gasteiger partial charge < -0.3 is 34.4 Å². The molecule has 0 fully saturated rings. The van der Waals surface area contributed by atoms with E-state index in [1.165, 1.54) is 70.6 Å². The van der Waals surface area contributed by atoms with Crippen molar-refractivity contribution in [2.75, 3.05) is 6.61 Å². The zero-order valence-corrected chi connectivity index (χ0v) is 18.5. The van der Waals surface area contributed by atoms with Crippen LogP contribution >= 0.6 is 0 Å². The van der Waals surface area contributed by atoms with Crippen LogP contribution in [0.4, 0.5) is 0 Å². The maximum absolute atomic E-state index is 11.7. The Labute approximate surface area is 167 Å². The van der Waals surface area contributed by atoms with Gasteiger partial charge in [-0.1, -0.05) is 84.5 Å². The van der Waals surface area contributed by atoms with Gasteiger partial charge in [0, 0.05) is 12.8 Å². The summed E-state index contributed by atoms with van der Waals surface area (Å²) in [6.45, 7) is 4.63. The van der Waals surface area contributed by atoms with Crippen molar-refractivity contribution in [1.82, 2.24) is 0 Å². The molecule has 0 aliphatic carbocycles. The normalized spacial score (nSPS) is 12.0. The number of unbranched alkanes of at least 4 members (excludes halogenated alkanes) is 11. The molecule has 3 nitrogen and oxygen atoms in total. The highest BCUT2D eigenvalue weighted by molar-refractivity contribution is 5.79. The van der Waals surface area contributed by atoms with Crippen molar-refractivity contribution in [3.05, 3.63) is 0 Å². The highest BCUT2D eigenvalue weighted by atomic mass is 127. The van der Waals surface area contributed by atoms with E-state index in [1.807, 2.05) is 0 Å². The lowest BCUT2D eigenvalue weighted by Gasteiger charge is -2.08. The van der Waals surface area contributed by atoms with Crippen LogP contribution in [0, 0.1) is 0 Å². The molecule has 0 aromatic heterocycles. The summed E-state index contributed by atoms with van der Waals surface area (Å²) in [6, 6.07) is 0. The van der Waals surface area contributed by atoms with Crippen LogP contribution in [0.5, 0.6) is 0 Å². The fourth-order valence-electron chi connectivity index (χ4n) is 2.85. The van der Waals surface area contributed by atoms with Crippen molar-refractivity contribution in [3.63, 3.8) is 0 Å². The third-order valence-corrected chi connectivity index (χ3v) is 4.40. The number of hydrogen-bond acceptors (Lipinski definition) is 2. The van der Waals surface area contributed by atoms with E-state index in [0.29, 0.717) is 6.42 Å². The SMILES string of the molecule is CCCCCCCCCCCCCCC(=O)COC([NH3+])CCC.[I-]. The van der Waals surface area contributed by atoms with Gasteiger partial charge in [0.05, 0.1) is 0 Å². The van der Waals surface area contributed by atoms with E-state index in [2.05, 4.69) is 19.6 Å². The molecule has 146 valence electrons. The van der Waals surface area contributed by atoms with E-state index in [4.69, 9.17) is 4.74 Å². The molecule has 0 spiro atoms. The van der Waals surface area contributed by atoms with Crippen LogP contribution in [0.3, 0.4) is 0 Å². The molecule has 0 aromatic rings. The zero-order valence-electron chi connectivity index (χ0n) is 16.3. The second kappa shape index (κ2) is 21.4. The fourth-order valence-corrected chi connectivity index (χ4v) is 2.85. The lowest BCUT2D eigenvalue weighted by molar-refractivity contribution is -0.491. The molecule has 1 unspecified atom stereocenters. The van der Waals surface area contributed by atoms with Crippen molar-refractivity contribution in [1.29, 1.82) is 0 Å². The van der Waals surface area contributed by atoms with E-state index >= 15 is 0 Å². The first-order valence-corrected chi connectivity index (χ1v) is 10.2. The average molecular weight is 455 g/mol. The van der Waals surface area contributed by atoms with E-state index < -0.39 is 0 Å². The number of ketones is 1. The Kier molecular flexibility index (Phi) is 23.6. The molecular formula is C20H42INO2. The predicted octanol–water partition coefficient (Wildman–Crippen LogP) is 2.04. The number of quaternary nitrogens is 1. The van der Waals surface area contributed by atoms with E-state index in [-0.39, 0.29) is 42.6 Å². The fraction of sp³-hybridized carbons (Fsp3) is 0.950. The van der Waals surface area contributed by atoms with Gasteiger partial charge in [0.1, 0.15) is 6.61 Å². The lowest BCUT2D eigenvalue weighted by Crippen LogP contribution is -3.00. The summed E-state index contributed by atoms with van der Waals surface area (Å²) < 4.78 is 5.44. The zero-order chi connectivity index (χ0) is 17.2. The Morgan fingerprint density at radius 2 is 1.25 bits per heavy atom. The Hall–Kier alpha value is 0.320. The van der Waals surface area contributed by atoms with Crippen LogP contribution in [0.2, 0.25) is 0 Å². The van der Waals surface area contributed by atoms with Crippen molar-refractivity contribution >= 4 is 5.78 Å². The van der Waals surface area contributed by atoms with Crippen LogP contribution in [0.25, 0.3) is 0 Å². The van der Waals surface area contributed by atoms with E-state index in [0.717, 1.165) is 19.3 Å². The molecule has 0 aliphatic heterocycles. The summed E-state index contributed by atoms with van der Waals surface area (Å²) in [5.41, 5.74) is 3.89. The first-order chi connectivity index (χ1) is 11.2. The second-order valence-electron chi connectivity index (χ2n) is 6.90. The molecule has 0 rings (SSSR count). The van der Waals surface area contributed by atoms with Gasteiger partial charge in [0.2, 0.25) is 0 Å². The molecule has 0 saturated heterocycles. The largest absolute Gasteiger partial charge is 1.00 e. The highest BCUT2D eigenvalue weighted by Gasteiger charge is 2.08. The van der Waals surface area contributed by atoms with Gasteiger partial charge in [0.15, 0.2) is 12.0 Å². The maximum Gasteiger partial charge on any atom is 0.189 e. The molecule has 0 aliphatic rings. The van der Waals surface area contributed by atoms with Crippen LogP contribution in [-0.2, 0) is 9.53 Å². The number of carbonyl (C=O) groups excluding carboxylic acids is 1. The van der Waals surface area contributed by atoms with Crippen molar-refractivity contribution in [2.24, 2.45) is 0 Å². The summed E-state index contributed by atoms with van der Waals surface area (Å²) in [5.74, 6) is 0.238. The van der Waals surface area contributed by atoms with Crippen LogP contribution in [-0.4, -0.2) is 18.6 Å². The average Bonchev–Trinajstić information content (AvgIpc) is 2.54. The van der Waals surface area contributed by atoms with E-state index in [9.17, 15) is 4.79 Å². The minimum atomic E-state index is -0.0223. The van der Waals surface area contributed by atoms with Crippen LogP contribution in [0.15, 0.2) is 0 Å². The van der Waals surface area contributed by atoms with Gasteiger partial charge in [-0.15, -0.1) is 0 Å². The molecule has 1 atom stereocenters. The first kappa shape index (κ1) is 26.5. The van der Waals surface area contributed by atoms with E-state index in [1.54, 1.807) is 0 Å². The molecule has 0 saturated carbocycles. The number of Topliss-reactive ketones (excluding diaryl/α,β-unsaturated/α-hetero) is 1. The topological polar surface area (TPSA) is 53.9 Å². The van der Waals surface area contributed by atoms with Crippen molar-refractivity contribution in [2.45, 2.75) is 116 Å². The third kappa shape index (κ3) is 20.4. The lowest BCUT2D eigenvalue weighted by atomic mass is 10.0. The number of carbonyl (C=O) groups is 1. The number of rotatable bonds is 18. The molecule has 4 heteroatoms. The Morgan fingerprint density at radius 1 is 0.792 bits per heavy atom. The standard InChI is InChI=1S/C20H41NO2.HI/c1-3-5-6-7-8-9-10-11-12-13-14-15-17-19(22)18-23-20(21)16-4-2;/h20H,3-18,21H2,1-2H3;1H. The predicted molar refractivity (Wildman–Crippen MR) is 98.2 cm³/mol.